The summed E-state index contributed by atoms with van der Waals surface area (Å²) in [5.74, 6) is 0. The molecule has 0 N–H and O–H groups in total. The van der Waals surface area contributed by atoms with E-state index in [2.05, 4.69) is 6.92 Å². The van der Waals surface area contributed by atoms with Crippen molar-refractivity contribution in [3.8, 4) is 0 Å². The quantitative estimate of drug-likeness (QED) is 0.371. The van der Waals surface area contributed by atoms with Gasteiger partial charge in [-0.3, -0.25) is 4.79 Å². The summed E-state index contributed by atoms with van der Waals surface area (Å²) in [5.41, 5.74) is 0. The molecule has 0 aromatic carbocycles. The van der Waals surface area contributed by atoms with Gasteiger partial charge in [0, 0.05) is 6.61 Å². The van der Waals surface area contributed by atoms with Crippen LogP contribution in [0.15, 0.2) is 12.2 Å². The van der Waals surface area contributed by atoms with Crippen molar-refractivity contribution in [2.45, 2.75) is 64.3 Å². The zero-order chi connectivity index (χ0) is 12.3. The number of carbonyl (C=O) groups is 1. The van der Waals surface area contributed by atoms with E-state index in [1.165, 1.54) is 25.3 Å². The van der Waals surface area contributed by atoms with Gasteiger partial charge in [0.15, 0.2) is 6.29 Å². The first-order valence-corrected chi connectivity index (χ1v) is 6.76. The number of carbonyl (C=O) groups excluding carboxylic acids is 1. The smallest absolute Gasteiger partial charge is 0.158 e. The number of rotatable bonds is 8. The van der Waals surface area contributed by atoms with Gasteiger partial charge in [0.25, 0.3) is 0 Å². The van der Waals surface area contributed by atoms with Gasteiger partial charge in [-0.2, -0.15) is 0 Å². The topological polar surface area (TPSA) is 35.5 Å². The summed E-state index contributed by atoms with van der Waals surface area (Å²) in [6.45, 7) is 2.98. The summed E-state index contributed by atoms with van der Waals surface area (Å²) >= 11 is 0. The number of allylic oxidation sites excluding steroid dienone is 1. The molecule has 2 unspecified atom stereocenters. The van der Waals surface area contributed by atoms with Crippen molar-refractivity contribution >= 4 is 6.29 Å². The number of ether oxygens (including phenoxy) is 2. The van der Waals surface area contributed by atoms with Gasteiger partial charge in [0.05, 0.1) is 6.10 Å². The van der Waals surface area contributed by atoms with Gasteiger partial charge < -0.3 is 9.47 Å². The van der Waals surface area contributed by atoms with Crippen molar-refractivity contribution < 1.29 is 14.3 Å². The molecule has 2 atom stereocenters. The largest absolute Gasteiger partial charge is 0.353 e. The van der Waals surface area contributed by atoms with Gasteiger partial charge >= 0.3 is 0 Å². The Morgan fingerprint density at radius 1 is 1.41 bits per heavy atom. The molecule has 1 fully saturated rings. The minimum Gasteiger partial charge on any atom is -0.353 e. The normalized spacial score (nSPS) is 22.8. The maximum atomic E-state index is 10.4. The fourth-order valence-electron chi connectivity index (χ4n) is 1.99. The highest BCUT2D eigenvalue weighted by Crippen LogP contribution is 2.18. The molecule has 1 saturated heterocycles. The van der Waals surface area contributed by atoms with Crippen LogP contribution in [0.2, 0.25) is 0 Å². The van der Waals surface area contributed by atoms with Crippen LogP contribution < -0.4 is 0 Å². The Morgan fingerprint density at radius 2 is 2.29 bits per heavy atom. The molecule has 0 aliphatic carbocycles. The number of hydrogen-bond donors (Lipinski definition) is 0. The van der Waals surface area contributed by atoms with Crippen LogP contribution in [0.25, 0.3) is 0 Å². The van der Waals surface area contributed by atoms with Gasteiger partial charge in [-0.1, -0.05) is 32.3 Å². The maximum Gasteiger partial charge on any atom is 0.158 e. The van der Waals surface area contributed by atoms with Crippen LogP contribution in [0.5, 0.6) is 0 Å². The Morgan fingerprint density at radius 3 is 2.94 bits per heavy atom. The molecular weight excluding hydrogens is 216 g/mol. The lowest BCUT2D eigenvalue weighted by Crippen LogP contribution is -2.27. The Balaban J connectivity index is 2.32. The molecule has 0 aromatic heterocycles. The molecule has 1 aliphatic rings. The average Bonchev–Trinajstić information content (AvgIpc) is 2.37. The maximum absolute atomic E-state index is 10.4. The molecule has 0 saturated carbocycles. The first-order valence-electron chi connectivity index (χ1n) is 6.76. The van der Waals surface area contributed by atoms with Crippen molar-refractivity contribution in [2.24, 2.45) is 0 Å². The zero-order valence-electron chi connectivity index (χ0n) is 10.8. The van der Waals surface area contributed by atoms with Crippen LogP contribution in [0.1, 0.15) is 51.9 Å². The van der Waals surface area contributed by atoms with E-state index in [0.717, 1.165) is 38.6 Å². The van der Waals surface area contributed by atoms with E-state index in [1.54, 1.807) is 0 Å². The molecule has 3 nitrogen and oxygen atoms in total. The fourth-order valence-corrected chi connectivity index (χ4v) is 1.99. The third kappa shape index (κ3) is 6.59. The third-order valence-corrected chi connectivity index (χ3v) is 2.96. The molecule has 0 spiro atoms. The fraction of sp³-hybridized carbons (Fsp3) is 0.786. The van der Waals surface area contributed by atoms with Gasteiger partial charge in [-0.25, -0.2) is 0 Å². The number of unbranched alkanes of at least 4 members (excludes halogenated alkanes) is 2. The summed E-state index contributed by atoms with van der Waals surface area (Å²) in [7, 11) is 0. The molecule has 1 rings (SSSR count). The predicted molar refractivity (Wildman–Crippen MR) is 67.8 cm³/mol. The summed E-state index contributed by atoms with van der Waals surface area (Å²) in [6, 6.07) is 0. The second-order valence-corrected chi connectivity index (χ2v) is 4.49. The Labute approximate surface area is 104 Å². The standard InChI is InChI=1S/C14H24O3/c1-2-3-4-8-13(9-7-11-15)17-14-10-5-6-12-16-14/h7,9,11,13-14H,2-6,8,10,12H2,1H3/b9-7+. The molecule has 98 valence electrons. The molecule has 1 aliphatic heterocycles. The van der Waals surface area contributed by atoms with Gasteiger partial charge in [0.1, 0.15) is 6.29 Å². The lowest BCUT2D eigenvalue weighted by atomic mass is 10.1. The van der Waals surface area contributed by atoms with Gasteiger partial charge in [-0.05, 0) is 31.8 Å². The zero-order valence-corrected chi connectivity index (χ0v) is 10.8. The highest BCUT2D eigenvalue weighted by atomic mass is 16.7. The van der Waals surface area contributed by atoms with Crippen LogP contribution in [-0.4, -0.2) is 25.3 Å². The first kappa shape index (κ1) is 14.4. The number of aldehydes is 1. The van der Waals surface area contributed by atoms with Crippen LogP contribution in [0.4, 0.5) is 0 Å². The molecular formula is C14H24O3. The van der Waals surface area contributed by atoms with Crippen molar-refractivity contribution in [1.29, 1.82) is 0 Å². The van der Waals surface area contributed by atoms with E-state index < -0.39 is 0 Å². The lowest BCUT2D eigenvalue weighted by molar-refractivity contribution is -0.179. The van der Waals surface area contributed by atoms with E-state index in [-0.39, 0.29) is 12.4 Å². The molecule has 1 heterocycles. The van der Waals surface area contributed by atoms with Crippen LogP contribution >= 0.6 is 0 Å². The summed E-state index contributed by atoms with van der Waals surface area (Å²) in [5, 5.41) is 0. The second kappa shape index (κ2) is 9.37. The Kier molecular flexibility index (Phi) is 7.93. The SMILES string of the molecule is CCCCCC(/C=C/C=O)OC1CCCCO1. The highest BCUT2D eigenvalue weighted by Gasteiger charge is 2.17. The molecule has 0 amide bonds. The predicted octanol–water partition coefficient (Wildman–Crippen LogP) is 3.23. The van der Waals surface area contributed by atoms with Crippen molar-refractivity contribution in [1.82, 2.24) is 0 Å². The van der Waals surface area contributed by atoms with Gasteiger partial charge in [0.2, 0.25) is 0 Å². The molecule has 3 heteroatoms. The summed E-state index contributed by atoms with van der Waals surface area (Å²) < 4.78 is 11.4. The second-order valence-electron chi connectivity index (χ2n) is 4.49. The highest BCUT2D eigenvalue weighted by molar-refractivity contribution is 5.64. The molecule has 0 aromatic rings. The average molecular weight is 240 g/mol. The van der Waals surface area contributed by atoms with E-state index in [4.69, 9.17) is 9.47 Å². The van der Waals surface area contributed by atoms with Gasteiger partial charge in [-0.15, -0.1) is 0 Å². The van der Waals surface area contributed by atoms with Crippen molar-refractivity contribution in [3.05, 3.63) is 12.2 Å². The minimum absolute atomic E-state index is 0.0230. The Bertz CT molecular complexity index is 220. The Hall–Kier alpha value is -0.670. The molecule has 0 radical (unpaired) electrons. The summed E-state index contributed by atoms with van der Waals surface area (Å²) in [4.78, 5) is 10.4. The third-order valence-electron chi connectivity index (χ3n) is 2.96. The van der Waals surface area contributed by atoms with Crippen LogP contribution in [0.3, 0.4) is 0 Å². The number of hydrogen-bond acceptors (Lipinski definition) is 3. The minimum atomic E-state index is -0.0771. The first-order chi connectivity index (χ1) is 8.36. The van der Waals surface area contributed by atoms with Crippen molar-refractivity contribution in [2.75, 3.05) is 6.61 Å². The monoisotopic (exact) mass is 240 g/mol. The van der Waals surface area contributed by atoms with E-state index in [0.29, 0.717) is 0 Å². The van der Waals surface area contributed by atoms with E-state index in [1.807, 2.05) is 6.08 Å². The van der Waals surface area contributed by atoms with E-state index >= 15 is 0 Å². The lowest BCUT2D eigenvalue weighted by Gasteiger charge is -2.26. The molecule has 0 bridgehead atoms. The van der Waals surface area contributed by atoms with Crippen molar-refractivity contribution in [3.63, 3.8) is 0 Å². The molecule has 17 heavy (non-hydrogen) atoms. The van der Waals surface area contributed by atoms with Crippen LogP contribution in [-0.2, 0) is 14.3 Å². The summed E-state index contributed by atoms with van der Waals surface area (Å²) in [6.07, 6.45) is 11.9. The van der Waals surface area contributed by atoms with E-state index in [9.17, 15) is 4.79 Å². The van der Waals surface area contributed by atoms with Crippen LogP contribution in [0, 0.1) is 0 Å².